The second-order valence-corrected chi connectivity index (χ2v) is 4.76. The summed E-state index contributed by atoms with van der Waals surface area (Å²) in [4.78, 5) is 11.3. The highest BCUT2D eigenvalue weighted by atomic mass is 16.5. The molecule has 0 aliphatic heterocycles. The Bertz CT molecular complexity index is 396. The van der Waals surface area contributed by atoms with Crippen LogP contribution in [0.25, 0.3) is 0 Å². The Morgan fingerprint density at radius 2 is 2.12 bits per heavy atom. The molecule has 0 saturated carbocycles. The number of methoxy groups -OCH3 is 1. The number of rotatable bonds is 5. The van der Waals surface area contributed by atoms with Crippen molar-refractivity contribution in [3.8, 4) is 5.75 Å². The van der Waals surface area contributed by atoms with Crippen molar-refractivity contribution in [2.24, 2.45) is 5.41 Å². The predicted molar refractivity (Wildman–Crippen MR) is 67.4 cm³/mol. The van der Waals surface area contributed by atoms with Crippen LogP contribution in [-0.4, -0.2) is 18.2 Å². The highest BCUT2D eigenvalue weighted by molar-refractivity contribution is 5.75. The summed E-state index contributed by atoms with van der Waals surface area (Å²) in [7, 11) is 1.61. The molecule has 0 bridgehead atoms. The molecule has 0 amide bonds. The predicted octanol–water partition coefficient (Wildman–Crippen LogP) is 3.30. The van der Waals surface area contributed by atoms with E-state index in [-0.39, 0.29) is 5.92 Å². The third kappa shape index (κ3) is 2.78. The number of carbonyl (C=O) groups is 1. The lowest BCUT2D eigenvalue weighted by Crippen LogP contribution is -2.31. The summed E-state index contributed by atoms with van der Waals surface area (Å²) in [6, 6.07) is 7.64. The number of benzene rings is 1. The third-order valence-corrected chi connectivity index (χ3v) is 3.33. The molecular weight excluding hydrogens is 216 g/mol. The zero-order valence-corrected chi connectivity index (χ0v) is 10.9. The van der Waals surface area contributed by atoms with Gasteiger partial charge in [-0.25, -0.2) is 0 Å². The molecule has 3 nitrogen and oxygen atoms in total. The molecule has 1 N–H and O–H groups in total. The number of carboxylic acid groups (broad SMARTS) is 1. The normalized spacial score (nSPS) is 13.2. The number of carboxylic acids is 1. The van der Waals surface area contributed by atoms with Crippen LogP contribution in [-0.2, 0) is 4.79 Å². The SMILES string of the molecule is CCC(c1cccc(OC)c1)C(C)(C)C(=O)O. The molecule has 1 atom stereocenters. The Labute approximate surface area is 102 Å². The minimum atomic E-state index is -0.777. The van der Waals surface area contributed by atoms with Crippen LogP contribution in [0, 0.1) is 5.41 Å². The zero-order chi connectivity index (χ0) is 13.1. The fraction of sp³-hybridized carbons (Fsp3) is 0.500. The van der Waals surface area contributed by atoms with Gasteiger partial charge in [-0.05, 0) is 43.9 Å². The number of aliphatic carboxylic acids is 1. The second-order valence-electron chi connectivity index (χ2n) is 4.76. The molecule has 0 aromatic heterocycles. The van der Waals surface area contributed by atoms with Crippen LogP contribution in [0.3, 0.4) is 0 Å². The Morgan fingerprint density at radius 1 is 1.47 bits per heavy atom. The minimum absolute atomic E-state index is 0.0184. The molecule has 0 aliphatic rings. The van der Waals surface area contributed by atoms with Crippen molar-refractivity contribution >= 4 is 5.97 Å². The summed E-state index contributed by atoms with van der Waals surface area (Å²) in [5.74, 6) is -0.0237. The summed E-state index contributed by atoms with van der Waals surface area (Å²) >= 11 is 0. The average Bonchev–Trinajstić information content (AvgIpc) is 2.29. The van der Waals surface area contributed by atoms with Crippen molar-refractivity contribution in [3.05, 3.63) is 29.8 Å². The Morgan fingerprint density at radius 3 is 2.59 bits per heavy atom. The quantitative estimate of drug-likeness (QED) is 0.853. The van der Waals surface area contributed by atoms with Gasteiger partial charge >= 0.3 is 5.97 Å². The Kier molecular flexibility index (Phi) is 4.16. The lowest BCUT2D eigenvalue weighted by atomic mass is 9.73. The van der Waals surface area contributed by atoms with E-state index in [4.69, 9.17) is 4.74 Å². The van der Waals surface area contributed by atoms with Gasteiger partial charge in [0, 0.05) is 0 Å². The van der Waals surface area contributed by atoms with E-state index in [2.05, 4.69) is 0 Å². The van der Waals surface area contributed by atoms with Gasteiger partial charge in [0.25, 0.3) is 0 Å². The van der Waals surface area contributed by atoms with E-state index in [1.807, 2.05) is 31.2 Å². The zero-order valence-electron chi connectivity index (χ0n) is 10.9. The molecule has 1 aromatic rings. The number of ether oxygens (including phenoxy) is 1. The standard InChI is InChI=1S/C14H20O3/c1-5-12(14(2,3)13(15)16)10-7-6-8-11(9-10)17-4/h6-9,12H,5H2,1-4H3,(H,15,16). The molecule has 0 radical (unpaired) electrons. The summed E-state index contributed by atoms with van der Waals surface area (Å²) < 4.78 is 5.18. The molecule has 0 fully saturated rings. The van der Waals surface area contributed by atoms with Gasteiger partial charge in [0.1, 0.15) is 5.75 Å². The first-order valence-electron chi connectivity index (χ1n) is 5.80. The van der Waals surface area contributed by atoms with Crippen LogP contribution >= 0.6 is 0 Å². The topological polar surface area (TPSA) is 46.5 Å². The van der Waals surface area contributed by atoms with Gasteiger partial charge in [-0.15, -0.1) is 0 Å². The van der Waals surface area contributed by atoms with E-state index in [9.17, 15) is 9.90 Å². The average molecular weight is 236 g/mol. The van der Waals surface area contributed by atoms with Gasteiger partial charge < -0.3 is 9.84 Å². The van der Waals surface area contributed by atoms with Crippen LogP contribution < -0.4 is 4.74 Å². The molecule has 1 aromatic carbocycles. The highest BCUT2D eigenvalue weighted by Gasteiger charge is 2.36. The molecule has 1 unspecified atom stereocenters. The minimum Gasteiger partial charge on any atom is -0.497 e. The summed E-state index contributed by atoms with van der Waals surface area (Å²) in [6.45, 7) is 5.54. The van der Waals surface area contributed by atoms with Crippen LogP contribution in [0.1, 0.15) is 38.7 Å². The fourth-order valence-corrected chi connectivity index (χ4v) is 2.17. The van der Waals surface area contributed by atoms with Gasteiger partial charge in [0.2, 0.25) is 0 Å². The lowest BCUT2D eigenvalue weighted by Gasteiger charge is -2.30. The van der Waals surface area contributed by atoms with Crippen molar-refractivity contribution in [3.63, 3.8) is 0 Å². The molecular formula is C14H20O3. The van der Waals surface area contributed by atoms with Gasteiger partial charge in [-0.2, -0.15) is 0 Å². The number of hydrogen-bond acceptors (Lipinski definition) is 2. The van der Waals surface area contributed by atoms with Crippen molar-refractivity contribution < 1.29 is 14.6 Å². The molecule has 0 heterocycles. The largest absolute Gasteiger partial charge is 0.497 e. The third-order valence-electron chi connectivity index (χ3n) is 3.33. The van der Waals surface area contributed by atoms with Crippen LogP contribution in [0.15, 0.2) is 24.3 Å². The maximum atomic E-state index is 11.3. The molecule has 0 spiro atoms. The van der Waals surface area contributed by atoms with E-state index in [1.54, 1.807) is 21.0 Å². The first-order valence-corrected chi connectivity index (χ1v) is 5.80. The van der Waals surface area contributed by atoms with E-state index >= 15 is 0 Å². The Hall–Kier alpha value is -1.51. The molecule has 1 rings (SSSR count). The molecule has 94 valence electrons. The first kappa shape index (κ1) is 13.6. The van der Waals surface area contributed by atoms with Crippen LogP contribution in [0.4, 0.5) is 0 Å². The summed E-state index contributed by atoms with van der Waals surface area (Å²) in [5.41, 5.74) is 0.237. The maximum Gasteiger partial charge on any atom is 0.309 e. The lowest BCUT2D eigenvalue weighted by molar-refractivity contribution is -0.148. The van der Waals surface area contributed by atoms with Gasteiger partial charge in [0.15, 0.2) is 0 Å². The maximum absolute atomic E-state index is 11.3. The Balaban J connectivity index is 3.13. The van der Waals surface area contributed by atoms with Crippen molar-refractivity contribution in [1.29, 1.82) is 0 Å². The van der Waals surface area contributed by atoms with E-state index < -0.39 is 11.4 Å². The molecule has 17 heavy (non-hydrogen) atoms. The fourth-order valence-electron chi connectivity index (χ4n) is 2.17. The van der Waals surface area contributed by atoms with E-state index in [0.29, 0.717) is 0 Å². The van der Waals surface area contributed by atoms with Gasteiger partial charge in [0.05, 0.1) is 12.5 Å². The van der Waals surface area contributed by atoms with Crippen molar-refractivity contribution in [2.75, 3.05) is 7.11 Å². The van der Waals surface area contributed by atoms with Gasteiger partial charge in [-0.3, -0.25) is 4.79 Å². The summed E-state index contributed by atoms with van der Waals surface area (Å²) in [6.07, 6.45) is 0.784. The molecule has 0 aliphatic carbocycles. The van der Waals surface area contributed by atoms with E-state index in [1.165, 1.54) is 0 Å². The summed E-state index contributed by atoms with van der Waals surface area (Å²) in [5, 5.41) is 9.30. The van der Waals surface area contributed by atoms with Gasteiger partial charge in [-0.1, -0.05) is 19.1 Å². The van der Waals surface area contributed by atoms with Crippen LogP contribution in [0.2, 0.25) is 0 Å². The van der Waals surface area contributed by atoms with E-state index in [0.717, 1.165) is 17.7 Å². The second kappa shape index (κ2) is 5.21. The molecule has 0 saturated heterocycles. The number of hydrogen-bond donors (Lipinski definition) is 1. The first-order chi connectivity index (χ1) is 7.93. The van der Waals surface area contributed by atoms with Crippen molar-refractivity contribution in [2.45, 2.75) is 33.1 Å². The van der Waals surface area contributed by atoms with Crippen molar-refractivity contribution in [1.82, 2.24) is 0 Å². The highest BCUT2D eigenvalue weighted by Crippen LogP contribution is 2.39. The monoisotopic (exact) mass is 236 g/mol. The molecule has 3 heteroatoms. The smallest absolute Gasteiger partial charge is 0.309 e. The van der Waals surface area contributed by atoms with Crippen LogP contribution in [0.5, 0.6) is 5.75 Å².